The van der Waals surface area contributed by atoms with Gasteiger partial charge in [0, 0.05) is 18.5 Å². The Morgan fingerprint density at radius 3 is 2.41 bits per heavy atom. The Hall–Kier alpha value is -2.96. The second-order valence-electron chi connectivity index (χ2n) is 6.83. The number of likely N-dealkylation sites (tertiary alicyclic amines) is 1. The predicted molar refractivity (Wildman–Crippen MR) is 96.7 cm³/mol. The number of amides is 2. The quantitative estimate of drug-likeness (QED) is 0.576. The van der Waals surface area contributed by atoms with Crippen molar-refractivity contribution >= 4 is 11.8 Å². The fourth-order valence-corrected chi connectivity index (χ4v) is 3.69. The number of methoxy groups -OCH3 is 1. The first-order valence-electron chi connectivity index (χ1n) is 9.14. The van der Waals surface area contributed by atoms with Gasteiger partial charge in [-0.3, -0.25) is 14.5 Å². The average Bonchev–Trinajstić information content (AvgIpc) is 3.27. The van der Waals surface area contributed by atoms with Gasteiger partial charge in [0.25, 0.3) is 0 Å². The lowest BCUT2D eigenvalue weighted by atomic mass is 9.85. The summed E-state index contributed by atoms with van der Waals surface area (Å²) in [5.74, 6) is 1.34. The maximum atomic E-state index is 12.4. The normalized spacial score (nSPS) is 21.6. The Bertz CT molecular complexity index is 846. The van der Waals surface area contributed by atoms with Crippen molar-refractivity contribution in [1.82, 2.24) is 15.0 Å². The average molecular weight is 367 g/mol. The van der Waals surface area contributed by atoms with Crippen molar-refractivity contribution in [3.63, 3.8) is 0 Å². The van der Waals surface area contributed by atoms with Crippen LogP contribution in [0.25, 0.3) is 11.4 Å². The summed E-state index contributed by atoms with van der Waals surface area (Å²) in [5.41, 5.74) is 0.840. The van der Waals surface area contributed by atoms with E-state index in [1.807, 2.05) is 36.4 Å². The molecule has 0 spiro atoms. The molecule has 0 bridgehead atoms. The summed E-state index contributed by atoms with van der Waals surface area (Å²) >= 11 is 0. The van der Waals surface area contributed by atoms with Crippen LogP contribution in [0.1, 0.15) is 25.2 Å². The van der Waals surface area contributed by atoms with E-state index in [9.17, 15) is 9.59 Å². The van der Waals surface area contributed by atoms with Gasteiger partial charge >= 0.3 is 0 Å². The van der Waals surface area contributed by atoms with Crippen LogP contribution >= 0.6 is 0 Å². The summed E-state index contributed by atoms with van der Waals surface area (Å²) in [5, 5.41) is 4.00. The van der Waals surface area contributed by atoms with Gasteiger partial charge in [0.05, 0.1) is 18.9 Å². The van der Waals surface area contributed by atoms with Crippen LogP contribution in [-0.2, 0) is 16.0 Å². The predicted octanol–water partition coefficient (Wildman–Crippen LogP) is 2.63. The lowest BCUT2D eigenvalue weighted by Gasteiger charge is -2.14. The number of carbonyl (C=O) groups is 2. The van der Waals surface area contributed by atoms with E-state index in [2.05, 4.69) is 10.1 Å². The van der Waals surface area contributed by atoms with Crippen molar-refractivity contribution in [3.8, 4) is 17.1 Å². The number of aryl methyl sites for hydroxylation is 1. The van der Waals surface area contributed by atoms with Crippen LogP contribution in [0.3, 0.4) is 0 Å². The zero-order valence-electron chi connectivity index (χ0n) is 15.1. The molecule has 140 valence electrons. The number of ether oxygens (including phenoxy) is 1. The molecule has 0 saturated carbocycles. The highest BCUT2D eigenvalue weighted by atomic mass is 16.5. The summed E-state index contributed by atoms with van der Waals surface area (Å²) in [6, 6.07) is 7.41. The van der Waals surface area contributed by atoms with E-state index in [0.717, 1.165) is 11.3 Å². The molecule has 2 aromatic rings. The first kappa shape index (κ1) is 17.5. The summed E-state index contributed by atoms with van der Waals surface area (Å²) in [4.78, 5) is 30.7. The number of aromatic nitrogens is 2. The minimum absolute atomic E-state index is 0.0428. The molecule has 0 unspecified atom stereocenters. The highest BCUT2D eigenvalue weighted by Gasteiger charge is 2.46. The maximum Gasteiger partial charge on any atom is 0.233 e. The molecule has 1 aliphatic carbocycles. The van der Waals surface area contributed by atoms with E-state index in [1.54, 1.807) is 7.11 Å². The van der Waals surface area contributed by atoms with Crippen LogP contribution in [0.4, 0.5) is 0 Å². The highest BCUT2D eigenvalue weighted by molar-refractivity contribution is 6.05. The number of rotatable bonds is 6. The molecule has 1 fully saturated rings. The molecule has 1 aromatic carbocycles. The first-order chi connectivity index (χ1) is 13.2. The zero-order chi connectivity index (χ0) is 18.8. The zero-order valence-corrected chi connectivity index (χ0v) is 15.1. The molecule has 1 aromatic heterocycles. The van der Waals surface area contributed by atoms with Gasteiger partial charge in [0.15, 0.2) is 0 Å². The van der Waals surface area contributed by atoms with Crippen LogP contribution in [0, 0.1) is 11.8 Å². The molecule has 2 atom stereocenters. The van der Waals surface area contributed by atoms with Gasteiger partial charge in [-0.1, -0.05) is 17.3 Å². The number of carbonyl (C=O) groups excluding carboxylic acids is 2. The Morgan fingerprint density at radius 2 is 1.78 bits per heavy atom. The van der Waals surface area contributed by atoms with Crippen LogP contribution in [0.15, 0.2) is 40.9 Å². The Balaban J connectivity index is 1.34. The summed E-state index contributed by atoms with van der Waals surface area (Å²) in [6.45, 7) is 0.394. The number of hydrogen-bond acceptors (Lipinski definition) is 6. The van der Waals surface area contributed by atoms with Crippen LogP contribution in [0.2, 0.25) is 0 Å². The highest BCUT2D eigenvalue weighted by Crippen LogP contribution is 2.35. The molecular formula is C20H21N3O4. The van der Waals surface area contributed by atoms with Gasteiger partial charge in [0.1, 0.15) is 5.75 Å². The fraction of sp³-hybridized carbons (Fsp3) is 0.400. The number of hydrogen-bond donors (Lipinski definition) is 0. The standard InChI is InChI=1S/C20H21N3O4/c1-26-14-10-8-13(9-11-14)18-21-17(27-22-18)7-4-12-23-19(24)15-5-2-3-6-16(15)20(23)25/h2-3,8-11,15-16H,4-7,12H2,1H3/t15-,16+. The summed E-state index contributed by atoms with van der Waals surface area (Å²) in [7, 11) is 1.61. The largest absolute Gasteiger partial charge is 0.497 e. The van der Waals surface area contributed by atoms with Gasteiger partial charge in [-0.2, -0.15) is 4.98 Å². The summed E-state index contributed by atoms with van der Waals surface area (Å²) < 4.78 is 10.4. The monoisotopic (exact) mass is 367 g/mol. The van der Waals surface area contributed by atoms with Crippen molar-refractivity contribution in [1.29, 1.82) is 0 Å². The lowest BCUT2D eigenvalue weighted by Crippen LogP contribution is -2.32. The Morgan fingerprint density at radius 1 is 1.11 bits per heavy atom. The molecule has 2 amide bonds. The third-order valence-electron chi connectivity index (χ3n) is 5.19. The third-order valence-corrected chi connectivity index (χ3v) is 5.19. The second kappa shape index (κ2) is 7.34. The second-order valence-corrected chi connectivity index (χ2v) is 6.83. The lowest BCUT2D eigenvalue weighted by molar-refractivity contribution is -0.139. The smallest absolute Gasteiger partial charge is 0.233 e. The molecule has 1 aliphatic heterocycles. The van der Waals surface area contributed by atoms with Crippen molar-refractivity contribution in [3.05, 3.63) is 42.3 Å². The van der Waals surface area contributed by atoms with Gasteiger partial charge in [-0.15, -0.1) is 0 Å². The van der Waals surface area contributed by atoms with Gasteiger partial charge in [-0.25, -0.2) is 0 Å². The molecular weight excluding hydrogens is 346 g/mol. The van der Waals surface area contributed by atoms with Crippen molar-refractivity contribution in [2.24, 2.45) is 11.8 Å². The van der Waals surface area contributed by atoms with Gasteiger partial charge in [0.2, 0.25) is 23.5 Å². The number of fused-ring (bicyclic) bond motifs is 1. The first-order valence-corrected chi connectivity index (χ1v) is 9.14. The number of nitrogens with zero attached hydrogens (tertiary/aromatic N) is 3. The van der Waals surface area contributed by atoms with E-state index in [1.165, 1.54) is 4.90 Å². The molecule has 7 heteroatoms. The van der Waals surface area contributed by atoms with Crippen molar-refractivity contribution in [2.45, 2.75) is 25.7 Å². The van der Waals surface area contributed by atoms with E-state index in [-0.39, 0.29) is 23.7 Å². The van der Waals surface area contributed by atoms with E-state index in [0.29, 0.717) is 43.9 Å². The minimum atomic E-state index is -0.174. The molecule has 4 rings (SSSR count). The molecule has 1 saturated heterocycles. The number of imide groups is 1. The fourth-order valence-electron chi connectivity index (χ4n) is 3.69. The number of allylic oxidation sites excluding steroid dienone is 2. The van der Waals surface area contributed by atoms with E-state index < -0.39 is 0 Å². The molecule has 0 N–H and O–H groups in total. The minimum Gasteiger partial charge on any atom is -0.497 e. The SMILES string of the molecule is COc1ccc(-c2noc(CCCN3C(=O)[C@H]4CC=CC[C@H]4C3=O)n2)cc1. The van der Waals surface area contributed by atoms with E-state index in [4.69, 9.17) is 9.26 Å². The van der Waals surface area contributed by atoms with Gasteiger partial charge < -0.3 is 9.26 Å². The third kappa shape index (κ3) is 3.37. The number of benzene rings is 1. The Labute approximate surface area is 157 Å². The molecule has 0 radical (unpaired) electrons. The van der Waals surface area contributed by atoms with Crippen molar-refractivity contribution < 1.29 is 18.8 Å². The maximum absolute atomic E-state index is 12.4. The van der Waals surface area contributed by atoms with Crippen LogP contribution in [0.5, 0.6) is 5.75 Å². The Kier molecular flexibility index (Phi) is 4.75. The van der Waals surface area contributed by atoms with Crippen LogP contribution in [-0.4, -0.2) is 40.5 Å². The molecule has 27 heavy (non-hydrogen) atoms. The summed E-state index contributed by atoms with van der Waals surface area (Å²) in [6.07, 6.45) is 6.45. The topological polar surface area (TPSA) is 85.5 Å². The van der Waals surface area contributed by atoms with Gasteiger partial charge in [-0.05, 0) is 43.5 Å². The van der Waals surface area contributed by atoms with E-state index >= 15 is 0 Å². The molecule has 2 aliphatic rings. The van der Waals surface area contributed by atoms with Crippen molar-refractivity contribution in [2.75, 3.05) is 13.7 Å². The molecule has 7 nitrogen and oxygen atoms in total. The molecule has 2 heterocycles. The van der Waals surface area contributed by atoms with Crippen LogP contribution < -0.4 is 4.74 Å².